The molecular formula is C15H28O3S2. The van der Waals surface area contributed by atoms with E-state index in [0.29, 0.717) is 4.58 Å². The molecule has 0 radical (unpaired) electrons. The van der Waals surface area contributed by atoms with Crippen molar-refractivity contribution in [2.75, 3.05) is 11.5 Å². The molecule has 0 aromatic heterocycles. The second-order valence-electron chi connectivity index (χ2n) is 6.45. The van der Waals surface area contributed by atoms with Crippen molar-refractivity contribution in [3.05, 3.63) is 0 Å². The van der Waals surface area contributed by atoms with Crippen LogP contribution in [0.1, 0.15) is 41.0 Å². The Hall–Kier alpha value is 0.580. The lowest BCUT2D eigenvalue weighted by Crippen LogP contribution is -2.41. The SMILES string of the molecule is C[C@@H]([C@@H]1OC(C)(C)O[C@H]1C)[C@@H](C1SCCCS1)[C@H](C)O. The van der Waals surface area contributed by atoms with Gasteiger partial charge >= 0.3 is 0 Å². The van der Waals surface area contributed by atoms with Crippen LogP contribution in [0.15, 0.2) is 0 Å². The molecule has 2 rings (SSSR count). The van der Waals surface area contributed by atoms with Gasteiger partial charge in [-0.25, -0.2) is 0 Å². The third-order valence-electron chi connectivity index (χ3n) is 4.20. The van der Waals surface area contributed by atoms with E-state index in [0.717, 1.165) is 0 Å². The third-order valence-corrected chi connectivity index (χ3v) is 7.35. The monoisotopic (exact) mass is 320 g/mol. The summed E-state index contributed by atoms with van der Waals surface area (Å²) in [6.07, 6.45) is 1.11. The topological polar surface area (TPSA) is 38.7 Å². The average Bonchev–Trinajstić information content (AvgIpc) is 2.64. The fourth-order valence-corrected chi connectivity index (χ4v) is 6.99. The van der Waals surface area contributed by atoms with Gasteiger partial charge in [0.1, 0.15) is 0 Å². The molecule has 20 heavy (non-hydrogen) atoms. The second-order valence-corrected chi connectivity index (χ2v) is 9.24. The Labute approximate surface area is 131 Å². The van der Waals surface area contributed by atoms with Crippen LogP contribution in [0, 0.1) is 11.8 Å². The zero-order chi connectivity index (χ0) is 14.9. The first-order chi connectivity index (χ1) is 9.32. The van der Waals surface area contributed by atoms with E-state index < -0.39 is 5.79 Å². The summed E-state index contributed by atoms with van der Waals surface area (Å²) in [6, 6.07) is 0. The Morgan fingerprint density at radius 2 is 1.75 bits per heavy atom. The van der Waals surface area contributed by atoms with E-state index in [2.05, 4.69) is 13.8 Å². The van der Waals surface area contributed by atoms with Crippen molar-refractivity contribution in [1.82, 2.24) is 0 Å². The van der Waals surface area contributed by atoms with Gasteiger partial charge in [0.2, 0.25) is 0 Å². The predicted octanol–water partition coefficient (Wildman–Crippen LogP) is 3.36. The standard InChI is InChI=1S/C15H28O3S2/c1-9(13-11(3)17-15(4,5)18-13)12(10(2)16)14-19-7-6-8-20-14/h9-14,16H,6-8H2,1-5H3/t9-,10+,11+,12-,13+/m1/s1. The van der Waals surface area contributed by atoms with Crippen LogP contribution in [-0.2, 0) is 9.47 Å². The lowest BCUT2D eigenvalue weighted by molar-refractivity contribution is -0.151. The maximum atomic E-state index is 10.3. The first kappa shape index (κ1) is 16.9. The highest BCUT2D eigenvalue weighted by molar-refractivity contribution is 8.17. The van der Waals surface area contributed by atoms with Crippen LogP contribution in [0.2, 0.25) is 0 Å². The largest absolute Gasteiger partial charge is 0.393 e. The molecule has 5 atom stereocenters. The molecule has 0 unspecified atom stereocenters. The zero-order valence-electron chi connectivity index (χ0n) is 13.2. The lowest BCUT2D eigenvalue weighted by Gasteiger charge is -2.38. The lowest BCUT2D eigenvalue weighted by atomic mass is 9.85. The van der Waals surface area contributed by atoms with Crippen molar-refractivity contribution in [3.63, 3.8) is 0 Å². The molecule has 2 aliphatic rings. The van der Waals surface area contributed by atoms with Crippen LogP contribution in [0.5, 0.6) is 0 Å². The molecule has 0 spiro atoms. The van der Waals surface area contributed by atoms with Gasteiger partial charge in [-0.2, -0.15) is 0 Å². The molecule has 2 fully saturated rings. The van der Waals surface area contributed by atoms with Crippen LogP contribution in [-0.4, -0.2) is 45.3 Å². The summed E-state index contributed by atoms with van der Waals surface area (Å²) >= 11 is 3.99. The molecule has 5 heteroatoms. The molecule has 1 N–H and O–H groups in total. The molecular weight excluding hydrogens is 292 g/mol. The maximum absolute atomic E-state index is 10.3. The van der Waals surface area contributed by atoms with Gasteiger partial charge in [-0.05, 0) is 51.5 Å². The molecule has 118 valence electrons. The first-order valence-electron chi connectivity index (χ1n) is 7.59. The van der Waals surface area contributed by atoms with Crippen LogP contribution >= 0.6 is 23.5 Å². The van der Waals surface area contributed by atoms with Crippen LogP contribution < -0.4 is 0 Å². The van der Waals surface area contributed by atoms with Gasteiger partial charge in [0.25, 0.3) is 0 Å². The van der Waals surface area contributed by atoms with Crippen LogP contribution in [0.4, 0.5) is 0 Å². The summed E-state index contributed by atoms with van der Waals surface area (Å²) in [6.45, 7) is 10.1. The normalized spacial score (nSPS) is 35.7. The van der Waals surface area contributed by atoms with E-state index in [4.69, 9.17) is 9.47 Å². The first-order valence-corrected chi connectivity index (χ1v) is 9.68. The highest BCUT2D eigenvalue weighted by atomic mass is 32.2. The number of thioether (sulfide) groups is 2. The van der Waals surface area contributed by atoms with Crippen LogP contribution in [0.25, 0.3) is 0 Å². The fraction of sp³-hybridized carbons (Fsp3) is 1.00. The van der Waals surface area contributed by atoms with Crippen molar-refractivity contribution in [3.8, 4) is 0 Å². The Bertz CT molecular complexity index is 316. The van der Waals surface area contributed by atoms with Gasteiger partial charge in [-0.3, -0.25) is 0 Å². The minimum atomic E-state index is -0.506. The summed E-state index contributed by atoms with van der Waals surface area (Å²) in [7, 11) is 0. The van der Waals surface area contributed by atoms with E-state index in [-0.39, 0.29) is 30.1 Å². The zero-order valence-corrected chi connectivity index (χ0v) is 14.8. The van der Waals surface area contributed by atoms with E-state index in [1.807, 2.05) is 44.3 Å². The van der Waals surface area contributed by atoms with Gasteiger partial charge in [-0.1, -0.05) is 6.92 Å². The van der Waals surface area contributed by atoms with E-state index in [1.54, 1.807) is 0 Å². The number of rotatable bonds is 4. The molecule has 2 saturated heterocycles. The number of aliphatic hydroxyl groups is 1. The molecule has 0 aromatic rings. The highest BCUT2D eigenvalue weighted by Gasteiger charge is 2.46. The number of hydrogen-bond donors (Lipinski definition) is 1. The van der Waals surface area contributed by atoms with E-state index in [1.165, 1.54) is 17.9 Å². The minimum absolute atomic E-state index is 0.0627. The molecule has 3 nitrogen and oxygen atoms in total. The average molecular weight is 321 g/mol. The van der Waals surface area contributed by atoms with Gasteiger partial charge < -0.3 is 14.6 Å². The van der Waals surface area contributed by atoms with E-state index >= 15 is 0 Å². The van der Waals surface area contributed by atoms with Crippen molar-refractivity contribution in [2.45, 2.75) is 69.7 Å². The number of hydrogen-bond acceptors (Lipinski definition) is 5. The minimum Gasteiger partial charge on any atom is -0.393 e. The van der Waals surface area contributed by atoms with Crippen molar-refractivity contribution < 1.29 is 14.6 Å². The summed E-state index contributed by atoms with van der Waals surface area (Å²) in [5.74, 6) is 2.44. The molecule has 0 aromatic carbocycles. The summed E-state index contributed by atoms with van der Waals surface area (Å²) in [5.41, 5.74) is 0. The predicted molar refractivity (Wildman–Crippen MR) is 87.2 cm³/mol. The summed E-state index contributed by atoms with van der Waals surface area (Å²) in [5, 5.41) is 10.3. The maximum Gasteiger partial charge on any atom is 0.163 e. The van der Waals surface area contributed by atoms with Gasteiger partial charge in [-0.15, -0.1) is 23.5 Å². The number of aliphatic hydroxyl groups excluding tert-OH is 1. The smallest absolute Gasteiger partial charge is 0.163 e. The van der Waals surface area contributed by atoms with Crippen molar-refractivity contribution in [1.29, 1.82) is 0 Å². The quantitative estimate of drug-likeness (QED) is 0.860. The second kappa shape index (κ2) is 6.78. The Morgan fingerprint density at radius 1 is 1.15 bits per heavy atom. The molecule has 0 saturated carbocycles. The van der Waals surface area contributed by atoms with Crippen molar-refractivity contribution >= 4 is 23.5 Å². The Balaban J connectivity index is 2.08. The molecule has 2 heterocycles. The summed E-state index contributed by atoms with van der Waals surface area (Å²) < 4.78 is 12.4. The van der Waals surface area contributed by atoms with Gasteiger partial charge in [0, 0.05) is 5.92 Å². The molecule has 2 aliphatic heterocycles. The number of ether oxygens (including phenoxy) is 2. The van der Waals surface area contributed by atoms with Gasteiger partial charge in [0.15, 0.2) is 5.79 Å². The molecule has 0 amide bonds. The highest BCUT2D eigenvalue weighted by Crippen LogP contribution is 2.44. The summed E-state index contributed by atoms with van der Waals surface area (Å²) in [4.78, 5) is 0. The molecule has 0 bridgehead atoms. The van der Waals surface area contributed by atoms with Crippen LogP contribution in [0.3, 0.4) is 0 Å². The fourth-order valence-electron chi connectivity index (χ4n) is 3.36. The molecule has 0 aliphatic carbocycles. The third kappa shape index (κ3) is 3.86. The Morgan fingerprint density at radius 3 is 2.20 bits per heavy atom. The van der Waals surface area contributed by atoms with Gasteiger partial charge in [0.05, 0.1) is 22.9 Å². The Kier molecular flexibility index (Phi) is 5.74. The van der Waals surface area contributed by atoms with Crippen molar-refractivity contribution in [2.24, 2.45) is 11.8 Å². The van der Waals surface area contributed by atoms with E-state index in [9.17, 15) is 5.11 Å².